The predicted octanol–water partition coefficient (Wildman–Crippen LogP) is 3.25. The zero-order valence-corrected chi connectivity index (χ0v) is 13.3. The minimum absolute atomic E-state index is 0.0552. The molecule has 1 amide bonds. The summed E-state index contributed by atoms with van der Waals surface area (Å²) in [6, 6.07) is 14.9. The third-order valence-electron chi connectivity index (χ3n) is 3.67. The number of hydrogen-bond acceptors (Lipinski definition) is 6. The van der Waals surface area contributed by atoms with Crippen LogP contribution in [0.15, 0.2) is 53.9 Å². The molecule has 0 radical (unpaired) electrons. The van der Waals surface area contributed by atoms with Crippen molar-refractivity contribution in [3.63, 3.8) is 0 Å². The number of benzene rings is 2. The van der Waals surface area contributed by atoms with Gasteiger partial charge in [-0.3, -0.25) is 4.79 Å². The van der Waals surface area contributed by atoms with Gasteiger partial charge in [0.2, 0.25) is 0 Å². The van der Waals surface area contributed by atoms with Gasteiger partial charge in [0, 0.05) is 22.2 Å². The first-order valence-corrected chi connectivity index (χ1v) is 8.16. The number of rotatable bonds is 3. The highest BCUT2D eigenvalue weighted by Gasteiger charge is 2.28. The van der Waals surface area contributed by atoms with Crippen LogP contribution in [-0.4, -0.2) is 22.3 Å². The molecule has 0 saturated carbocycles. The van der Waals surface area contributed by atoms with Crippen molar-refractivity contribution < 1.29 is 14.3 Å². The topological polar surface area (TPSA) is 73.3 Å². The maximum absolute atomic E-state index is 12.6. The molecule has 0 unspecified atom stereocenters. The average molecular weight is 339 g/mol. The summed E-state index contributed by atoms with van der Waals surface area (Å²) in [4.78, 5) is 12.6. The minimum atomic E-state index is -0.695. The van der Waals surface area contributed by atoms with Crippen molar-refractivity contribution in [3.05, 3.63) is 59.5 Å². The summed E-state index contributed by atoms with van der Waals surface area (Å²) in [5.74, 6) is 0.436. The van der Waals surface area contributed by atoms with E-state index in [1.807, 2.05) is 53.9 Å². The molecule has 7 heteroatoms. The van der Waals surface area contributed by atoms with Gasteiger partial charge >= 0.3 is 0 Å². The minimum Gasteiger partial charge on any atom is -0.467 e. The van der Waals surface area contributed by atoms with E-state index >= 15 is 0 Å². The van der Waals surface area contributed by atoms with E-state index in [1.165, 1.54) is 11.5 Å². The first-order valence-electron chi connectivity index (χ1n) is 7.33. The molecule has 0 saturated heterocycles. The molecule has 1 N–H and O–H groups in total. The molecule has 1 aliphatic rings. The van der Waals surface area contributed by atoms with Crippen molar-refractivity contribution in [2.24, 2.45) is 0 Å². The molecular weight excluding hydrogens is 326 g/mol. The van der Waals surface area contributed by atoms with Crippen LogP contribution in [0.4, 0.5) is 5.69 Å². The van der Waals surface area contributed by atoms with Gasteiger partial charge in [-0.2, -0.15) is 0 Å². The fourth-order valence-electron chi connectivity index (χ4n) is 2.56. The second-order valence-corrected chi connectivity index (χ2v) is 5.82. The highest BCUT2D eigenvalue weighted by atomic mass is 32.1. The van der Waals surface area contributed by atoms with Gasteiger partial charge < -0.3 is 14.8 Å². The molecule has 3 aromatic rings. The maximum Gasteiger partial charge on any atom is 0.258 e. The van der Waals surface area contributed by atoms with E-state index in [-0.39, 0.29) is 12.7 Å². The first-order chi connectivity index (χ1) is 11.8. The standard InChI is InChI=1S/C17H13N3O3S/c21-17(16-13-6-1-2-7-15(13)22-10-23-16)18-12-5-3-4-11(8-12)14-9-24-20-19-14/h1-9,16H,10H2,(H,18,21)/t16-/m0/s1. The van der Waals surface area contributed by atoms with Crippen molar-refractivity contribution >= 4 is 23.1 Å². The van der Waals surface area contributed by atoms with Crippen LogP contribution in [0.2, 0.25) is 0 Å². The second-order valence-electron chi connectivity index (χ2n) is 5.21. The monoisotopic (exact) mass is 339 g/mol. The smallest absolute Gasteiger partial charge is 0.258 e. The predicted molar refractivity (Wildman–Crippen MR) is 89.7 cm³/mol. The number of aromatic nitrogens is 2. The summed E-state index contributed by atoms with van der Waals surface area (Å²) in [6.07, 6.45) is -0.695. The van der Waals surface area contributed by atoms with Crippen LogP contribution < -0.4 is 10.1 Å². The van der Waals surface area contributed by atoms with E-state index in [2.05, 4.69) is 14.9 Å². The normalized spacial score (nSPS) is 16.1. The molecule has 0 aliphatic carbocycles. The number of amides is 1. The number of nitrogens with zero attached hydrogens (tertiary/aromatic N) is 2. The third-order valence-corrected chi connectivity index (χ3v) is 4.18. The molecule has 6 nitrogen and oxygen atoms in total. The Hall–Kier alpha value is -2.77. The maximum atomic E-state index is 12.6. The lowest BCUT2D eigenvalue weighted by atomic mass is 10.1. The van der Waals surface area contributed by atoms with Crippen LogP contribution in [0.3, 0.4) is 0 Å². The Morgan fingerprint density at radius 1 is 1.21 bits per heavy atom. The van der Waals surface area contributed by atoms with E-state index < -0.39 is 6.10 Å². The van der Waals surface area contributed by atoms with Gasteiger partial charge in [0.25, 0.3) is 5.91 Å². The second kappa shape index (κ2) is 6.38. The van der Waals surface area contributed by atoms with Crippen molar-refractivity contribution in [1.82, 2.24) is 9.59 Å². The van der Waals surface area contributed by atoms with Crippen molar-refractivity contribution in [3.8, 4) is 17.0 Å². The largest absolute Gasteiger partial charge is 0.467 e. The Morgan fingerprint density at radius 3 is 3.00 bits per heavy atom. The summed E-state index contributed by atoms with van der Waals surface area (Å²) in [7, 11) is 0. The van der Waals surface area contributed by atoms with E-state index in [0.717, 1.165) is 16.8 Å². The van der Waals surface area contributed by atoms with Crippen molar-refractivity contribution in [1.29, 1.82) is 0 Å². The molecule has 2 heterocycles. The van der Waals surface area contributed by atoms with Gasteiger partial charge in [-0.05, 0) is 29.7 Å². The zero-order valence-electron chi connectivity index (χ0n) is 12.5. The highest BCUT2D eigenvalue weighted by molar-refractivity contribution is 7.03. The third kappa shape index (κ3) is 2.86. The summed E-state index contributed by atoms with van der Waals surface area (Å²) >= 11 is 1.29. The fourth-order valence-corrected chi connectivity index (χ4v) is 3.02. The van der Waals surface area contributed by atoms with Gasteiger partial charge in [0.1, 0.15) is 11.4 Å². The zero-order chi connectivity index (χ0) is 16.4. The van der Waals surface area contributed by atoms with Gasteiger partial charge in [0.15, 0.2) is 12.9 Å². The summed E-state index contributed by atoms with van der Waals surface area (Å²) in [5, 5.41) is 8.79. The molecule has 1 aliphatic heterocycles. The van der Waals surface area contributed by atoms with Crippen LogP contribution >= 0.6 is 11.5 Å². The Bertz CT molecular complexity index is 867. The number of carbonyl (C=O) groups excluding carboxylic acids is 1. The van der Waals surface area contributed by atoms with E-state index in [4.69, 9.17) is 9.47 Å². The number of para-hydroxylation sites is 1. The van der Waals surface area contributed by atoms with E-state index in [1.54, 1.807) is 0 Å². The molecular formula is C17H13N3O3S. The van der Waals surface area contributed by atoms with Gasteiger partial charge in [0.05, 0.1) is 0 Å². The molecule has 1 aromatic heterocycles. The summed E-state index contributed by atoms with van der Waals surface area (Å²) < 4.78 is 14.7. The van der Waals surface area contributed by atoms with Crippen LogP contribution in [0, 0.1) is 0 Å². The molecule has 1 atom stereocenters. The molecule has 2 aromatic carbocycles. The lowest BCUT2D eigenvalue weighted by molar-refractivity contribution is -0.136. The Morgan fingerprint density at radius 2 is 2.12 bits per heavy atom. The van der Waals surface area contributed by atoms with Crippen LogP contribution in [0.1, 0.15) is 11.7 Å². The SMILES string of the molecule is O=C(Nc1cccc(-c2csnn2)c1)[C@H]1OCOc2ccccc21. The number of hydrogen-bond donors (Lipinski definition) is 1. The lowest BCUT2D eigenvalue weighted by Crippen LogP contribution is -2.28. The van der Waals surface area contributed by atoms with Gasteiger partial charge in [-0.1, -0.05) is 34.8 Å². The fraction of sp³-hybridized carbons (Fsp3) is 0.118. The number of ether oxygens (including phenoxy) is 2. The van der Waals surface area contributed by atoms with Gasteiger partial charge in [-0.15, -0.1) is 5.10 Å². The van der Waals surface area contributed by atoms with Crippen LogP contribution in [0.5, 0.6) is 5.75 Å². The first kappa shape index (κ1) is 14.8. The Balaban J connectivity index is 1.56. The number of carbonyl (C=O) groups is 1. The van der Waals surface area contributed by atoms with E-state index in [0.29, 0.717) is 11.4 Å². The number of anilines is 1. The van der Waals surface area contributed by atoms with Crippen molar-refractivity contribution in [2.75, 3.05) is 12.1 Å². The molecule has 0 bridgehead atoms. The molecule has 120 valence electrons. The van der Waals surface area contributed by atoms with Crippen LogP contribution in [0.25, 0.3) is 11.3 Å². The van der Waals surface area contributed by atoms with E-state index in [9.17, 15) is 4.79 Å². The Kier molecular flexibility index (Phi) is 3.94. The summed E-state index contributed by atoms with van der Waals surface area (Å²) in [5.41, 5.74) is 3.08. The lowest BCUT2D eigenvalue weighted by Gasteiger charge is -2.25. The van der Waals surface area contributed by atoms with Crippen LogP contribution in [-0.2, 0) is 9.53 Å². The number of nitrogens with one attached hydrogen (secondary N) is 1. The van der Waals surface area contributed by atoms with Gasteiger partial charge in [-0.25, -0.2) is 0 Å². The molecule has 24 heavy (non-hydrogen) atoms. The highest BCUT2D eigenvalue weighted by Crippen LogP contribution is 2.32. The Labute approximate surface area is 142 Å². The molecule has 4 rings (SSSR count). The van der Waals surface area contributed by atoms with Crippen molar-refractivity contribution in [2.45, 2.75) is 6.10 Å². The summed E-state index contributed by atoms with van der Waals surface area (Å²) in [6.45, 7) is 0.0552. The quantitative estimate of drug-likeness (QED) is 0.793. The molecule has 0 spiro atoms. The average Bonchev–Trinajstić information content (AvgIpc) is 3.16. The number of fused-ring (bicyclic) bond motifs is 1. The molecule has 0 fully saturated rings.